The number of fused-ring (bicyclic) bond motifs is 1. The number of pyridine rings is 1. The molecule has 0 bridgehead atoms. The fraction of sp³-hybridized carbons (Fsp3) is 0.118. The number of aromatic nitrogens is 3. The van der Waals surface area contributed by atoms with E-state index in [0.717, 1.165) is 11.3 Å². The van der Waals surface area contributed by atoms with Gasteiger partial charge in [0.15, 0.2) is 10.8 Å². The van der Waals surface area contributed by atoms with Crippen molar-refractivity contribution in [2.45, 2.75) is 5.16 Å². The van der Waals surface area contributed by atoms with Crippen LogP contribution in [0.25, 0.3) is 5.65 Å². The number of hydrogen-bond donors (Lipinski definition) is 0. The van der Waals surface area contributed by atoms with Crippen LogP contribution in [0.2, 0.25) is 0 Å². The fourth-order valence-corrected chi connectivity index (χ4v) is 3.01. The Morgan fingerprint density at radius 2 is 1.96 bits per heavy atom. The molecule has 0 N–H and O–H groups in total. The first-order chi connectivity index (χ1) is 11.3. The lowest BCUT2D eigenvalue weighted by Crippen LogP contribution is -2.32. The Balaban J connectivity index is 1.73. The highest BCUT2D eigenvalue weighted by atomic mass is 32.2. The zero-order chi connectivity index (χ0) is 16.1. The molecular weight excluding hydrogens is 308 g/mol. The zero-order valence-corrected chi connectivity index (χ0v) is 13.3. The number of para-hydroxylation sites is 1. The summed E-state index contributed by atoms with van der Waals surface area (Å²) in [7, 11) is 0. The molecule has 0 fully saturated rings. The van der Waals surface area contributed by atoms with E-state index in [1.165, 1.54) is 11.8 Å². The normalized spacial score (nSPS) is 10.6. The molecule has 0 aliphatic rings. The van der Waals surface area contributed by atoms with Gasteiger partial charge < -0.3 is 4.90 Å². The topological polar surface area (TPSA) is 50.5 Å². The Hall–Kier alpha value is -2.60. The molecule has 0 spiro atoms. The second-order valence-corrected chi connectivity index (χ2v) is 5.77. The molecular formula is C17H16N4OS. The number of benzene rings is 1. The lowest BCUT2D eigenvalue weighted by Gasteiger charge is -2.20. The van der Waals surface area contributed by atoms with Crippen molar-refractivity contribution in [1.29, 1.82) is 0 Å². The maximum Gasteiger partial charge on any atom is 0.237 e. The van der Waals surface area contributed by atoms with Crippen LogP contribution in [-0.4, -0.2) is 32.8 Å². The first-order valence-electron chi connectivity index (χ1n) is 7.18. The van der Waals surface area contributed by atoms with Crippen LogP contribution in [0.4, 0.5) is 5.69 Å². The molecule has 0 aliphatic heterocycles. The molecule has 0 unspecified atom stereocenters. The highest BCUT2D eigenvalue weighted by molar-refractivity contribution is 7.99. The number of carbonyl (C=O) groups excluding carboxylic acids is 1. The summed E-state index contributed by atoms with van der Waals surface area (Å²) in [5.74, 6) is 0.298. The van der Waals surface area contributed by atoms with Crippen molar-refractivity contribution in [3.05, 3.63) is 67.4 Å². The fourth-order valence-electron chi connectivity index (χ4n) is 2.21. The van der Waals surface area contributed by atoms with Crippen molar-refractivity contribution in [2.75, 3.05) is 17.2 Å². The van der Waals surface area contributed by atoms with Crippen molar-refractivity contribution >= 4 is 29.0 Å². The van der Waals surface area contributed by atoms with Gasteiger partial charge in [-0.3, -0.25) is 9.20 Å². The van der Waals surface area contributed by atoms with E-state index in [0.29, 0.717) is 17.5 Å². The molecule has 0 saturated heterocycles. The molecule has 3 rings (SSSR count). The SMILES string of the molecule is C=CCN(C(=O)CSc1nnc2ccccn12)c1ccccc1. The third-order valence-electron chi connectivity index (χ3n) is 3.29. The van der Waals surface area contributed by atoms with Gasteiger partial charge in [-0.15, -0.1) is 16.8 Å². The minimum atomic E-state index is 0.00813. The van der Waals surface area contributed by atoms with Crippen LogP contribution in [0.3, 0.4) is 0 Å². The van der Waals surface area contributed by atoms with Gasteiger partial charge in [0.05, 0.1) is 5.75 Å². The van der Waals surface area contributed by atoms with Crippen LogP contribution in [-0.2, 0) is 4.79 Å². The lowest BCUT2D eigenvalue weighted by atomic mass is 10.3. The molecule has 116 valence electrons. The third-order valence-corrected chi connectivity index (χ3v) is 4.22. The molecule has 5 nitrogen and oxygen atoms in total. The van der Waals surface area contributed by atoms with Gasteiger partial charge in [-0.05, 0) is 24.3 Å². The second-order valence-electron chi connectivity index (χ2n) is 4.83. The van der Waals surface area contributed by atoms with Crippen molar-refractivity contribution in [1.82, 2.24) is 14.6 Å². The van der Waals surface area contributed by atoms with E-state index in [1.54, 1.807) is 11.0 Å². The van der Waals surface area contributed by atoms with Crippen molar-refractivity contribution in [3.8, 4) is 0 Å². The molecule has 0 aliphatic carbocycles. The predicted molar refractivity (Wildman–Crippen MR) is 92.7 cm³/mol. The number of hydrogen-bond acceptors (Lipinski definition) is 4. The molecule has 3 aromatic rings. The zero-order valence-electron chi connectivity index (χ0n) is 12.5. The quantitative estimate of drug-likeness (QED) is 0.516. The summed E-state index contributed by atoms with van der Waals surface area (Å²) in [6, 6.07) is 15.3. The maximum atomic E-state index is 12.6. The number of thioether (sulfide) groups is 1. The van der Waals surface area contributed by atoms with Crippen molar-refractivity contribution in [2.24, 2.45) is 0 Å². The van der Waals surface area contributed by atoms with Crippen LogP contribution in [0.5, 0.6) is 0 Å². The van der Waals surface area contributed by atoms with Gasteiger partial charge in [0.1, 0.15) is 0 Å². The van der Waals surface area contributed by atoms with Gasteiger partial charge in [0.2, 0.25) is 5.91 Å². The Morgan fingerprint density at radius 3 is 2.74 bits per heavy atom. The van der Waals surface area contributed by atoms with Gasteiger partial charge in [-0.2, -0.15) is 0 Å². The second kappa shape index (κ2) is 7.11. The summed E-state index contributed by atoms with van der Waals surface area (Å²) in [6.45, 7) is 4.21. The Bertz CT molecular complexity index is 816. The van der Waals surface area contributed by atoms with Crippen molar-refractivity contribution < 1.29 is 4.79 Å². The van der Waals surface area contributed by atoms with Gasteiger partial charge in [-0.25, -0.2) is 0 Å². The summed E-state index contributed by atoms with van der Waals surface area (Å²) in [4.78, 5) is 14.3. The van der Waals surface area contributed by atoms with Crippen LogP contribution in [0, 0.1) is 0 Å². The number of nitrogens with zero attached hydrogens (tertiary/aromatic N) is 4. The molecule has 2 aromatic heterocycles. The molecule has 0 radical (unpaired) electrons. The van der Waals surface area contributed by atoms with Crippen molar-refractivity contribution in [3.63, 3.8) is 0 Å². The molecule has 2 heterocycles. The largest absolute Gasteiger partial charge is 0.308 e. The van der Waals surface area contributed by atoms with E-state index < -0.39 is 0 Å². The van der Waals surface area contributed by atoms with E-state index >= 15 is 0 Å². The molecule has 23 heavy (non-hydrogen) atoms. The van der Waals surface area contributed by atoms with E-state index in [-0.39, 0.29) is 5.91 Å². The highest BCUT2D eigenvalue weighted by Crippen LogP contribution is 2.20. The summed E-state index contributed by atoms with van der Waals surface area (Å²) in [6.07, 6.45) is 3.61. The van der Waals surface area contributed by atoms with Gasteiger partial charge in [0.25, 0.3) is 0 Å². The van der Waals surface area contributed by atoms with Crippen LogP contribution in [0.1, 0.15) is 0 Å². The maximum absolute atomic E-state index is 12.6. The van der Waals surface area contributed by atoms with Crippen LogP contribution < -0.4 is 4.90 Å². The molecule has 1 amide bonds. The molecule has 0 saturated carbocycles. The molecule has 0 atom stereocenters. The Kier molecular flexibility index (Phi) is 4.73. The first-order valence-corrected chi connectivity index (χ1v) is 8.17. The Morgan fingerprint density at radius 1 is 1.17 bits per heavy atom. The molecule has 1 aromatic carbocycles. The number of amides is 1. The predicted octanol–water partition coefficient (Wildman–Crippen LogP) is 3.04. The standard InChI is InChI=1S/C17H16N4OS/c1-2-11-20(14-8-4-3-5-9-14)16(22)13-23-17-19-18-15-10-6-7-12-21(15)17/h2-10,12H,1,11,13H2. The van der Waals surface area contributed by atoms with Gasteiger partial charge in [0, 0.05) is 18.4 Å². The minimum Gasteiger partial charge on any atom is -0.308 e. The van der Waals surface area contributed by atoms with Crippen LogP contribution in [0.15, 0.2) is 72.5 Å². The highest BCUT2D eigenvalue weighted by Gasteiger charge is 2.16. The Labute approximate surface area is 138 Å². The summed E-state index contributed by atoms with van der Waals surface area (Å²) < 4.78 is 1.87. The summed E-state index contributed by atoms with van der Waals surface area (Å²) in [5.41, 5.74) is 1.64. The minimum absolute atomic E-state index is 0.00813. The van der Waals surface area contributed by atoms with E-state index in [1.807, 2.05) is 59.1 Å². The van der Waals surface area contributed by atoms with Crippen LogP contribution >= 0.6 is 11.8 Å². The van der Waals surface area contributed by atoms with E-state index in [9.17, 15) is 4.79 Å². The number of carbonyl (C=O) groups is 1. The van der Waals surface area contributed by atoms with Gasteiger partial charge >= 0.3 is 0 Å². The number of anilines is 1. The summed E-state index contributed by atoms with van der Waals surface area (Å²) >= 11 is 1.38. The molecule has 6 heteroatoms. The number of rotatable bonds is 6. The first kappa shape index (κ1) is 15.3. The van der Waals surface area contributed by atoms with E-state index in [4.69, 9.17) is 0 Å². The third kappa shape index (κ3) is 3.43. The monoisotopic (exact) mass is 324 g/mol. The average Bonchev–Trinajstić information content (AvgIpc) is 3.01. The smallest absolute Gasteiger partial charge is 0.237 e. The summed E-state index contributed by atoms with van der Waals surface area (Å²) in [5, 5.41) is 8.93. The van der Waals surface area contributed by atoms with Gasteiger partial charge in [-0.1, -0.05) is 42.1 Å². The average molecular weight is 324 g/mol. The van der Waals surface area contributed by atoms with E-state index in [2.05, 4.69) is 16.8 Å². The lowest BCUT2D eigenvalue weighted by molar-refractivity contribution is -0.116.